The minimum atomic E-state index is -0.551. The van der Waals surface area contributed by atoms with Crippen molar-refractivity contribution in [1.82, 2.24) is 4.98 Å². The van der Waals surface area contributed by atoms with Crippen LogP contribution >= 0.6 is 0 Å². The first-order valence-electron chi connectivity index (χ1n) is 10.7. The van der Waals surface area contributed by atoms with Gasteiger partial charge in [-0.05, 0) is 54.1 Å². The number of aromatic hydroxyl groups is 1. The lowest BCUT2D eigenvalue weighted by Crippen LogP contribution is -2.37. The van der Waals surface area contributed by atoms with Crippen LogP contribution < -0.4 is 16.0 Å². The molecule has 0 aliphatic rings. The summed E-state index contributed by atoms with van der Waals surface area (Å²) in [6, 6.07) is 25.3. The van der Waals surface area contributed by atoms with Gasteiger partial charge in [0.2, 0.25) is 0 Å². The molecule has 7 heteroatoms. The van der Waals surface area contributed by atoms with E-state index in [1.54, 1.807) is 91.3 Å². The molecule has 1 atom stereocenters. The number of nitrogens with one attached hydrogen (secondary N) is 1. The molecule has 34 heavy (non-hydrogen) atoms. The van der Waals surface area contributed by atoms with Crippen LogP contribution in [-0.4, -0.2) is 28.4 Å². The molecule has 0 radical (unpaired) electrons. The van der Waals surface area contributed by atoms with E-state index < -0.39 is 6.04 Å². The van der Waals surface area contributed by atoms with E-state index in [9.17, 15) is 14.7 Å². The summed E-state index contributed by atoms with van der Waals surface area (Å²) in [6.07, 6.45) is 3.20. The number of para-hydroxylation sites is 2. The van der Waals surface area contributed by atoms with Gasteiger partial charge >= 0.3 is 0 Å². The summed E-state index contributed by atoms with van der Waals surface area (Å²) in [5, 5.41) is 13.2. The Morgan fingerprint density at radius 2 is 1.50 bits per heavy atom. The highest BCUT2D eigenvalue weighted by atomic mass is 16.3. The molecule has 4 N–H and O–H groups in total. The number of nitrogens with two attached hydrogens (primary N) is 1. The van der Waals surface area contributed by atoms with E-state index in [0.29, 0.717) is 22.5 Å². The van der Waals surface area contributed by atoms with E-state index >= 15 is 0 Å². The molecule has 1 aromatic heterocycles. The van der Waals surface area contributed by atoms with E-state index in [0.717, 1.165) is 5.56 Å². The van der Waals surface area contributed by atoms with Crippen molar-refractivity contribution in [3.63, 3.8) is 0 Å². The monoisotopic (exact) mass is 452 g/mol. The van der Waals surface area contributed by atoms with E-state index in [4.69, 9.17) is 5.73 Å². The van der Waals surface area contributed by atoms with Gasteiger partial charge in [-0.1, -0.05) is 42.5 Å². The van der Waals surface area contributed by atoms with Gasteiger partial charge in [-0.2, -0.15) is 0 Å². The van der Waals surface area contributed by atoms with Crippen LogP contribution in [-0.2, 0) is 0 Å². The Morgan fingerprint density at radius 3 is 2.18 bits per heavy atom. The molecule has 0 saturated heterocycles. The highest BCUT2D eigenvalue weighted by Gasteiger charge is 2.23. The average Bonchev–Trinajstić information content (AvgIpc) is 2.88. The SMILES string of the molecule is NC(CN(C(=O)c1ccccc1)c1ccccc1O)c1ccc(C(=O)Nc2ccncc2)cc1. The highest BCUT2D eigenvalue weighted by Crippen LogP contribution is 2.29. The molecule has 0 saturated carbocycles. The van der Waals surface area contributed by atoms with E-state index in [-0.39, 0.29) is 24.1 Å². The van der Waals surface area contributed by atoms with Gasteiger partial charge in [-0.15, -0.1) is 0 Å². The summed E-state index contributed by atoms with van der Waals surface area (Å²) in [7, 11) is 0. The van der Waals surface area contributed by atoms with Crippen molar-refractivity contribution in [2.45, 2.75) is 6.04 Å². The summed E-state index contributed by atoms with van der Waals surface area (Å²) in [5.41, 5.74) is 9.21. The summed E-state index contributed by atoms with van der Waals surface area (Å²) in [4.78, 5) is 31.2. The number of amides is 2. The van der Waals surface area contributed by atoms with Gasteiger partial charge < -0.3 is 21.1 Å². The number of hydrogen-bond acceptors (Lipinski definition) is 5. The topological polar surface area (TPSA) is 109 Å². The van der Waals surface area contributed by atoms with Crippen molar-refractivity contribution < 1.29 is 14.7 Å². The second-order valence-electron chi connectivity index (χ2n) is 7.69. The Kier molecular flexibility index (Phi) is 6.95. The third-order valence-corrected chi connectivity index (χ3v) is 5.36. The number of pyridine rings is 1. The minimum Gasteiger partial charge on any atom is -0.506 e. The number of benzene rings is 3. The fraction of sp³-hybridized carbons (Fsp3) is 0.0741. The second-order valence-corrected chi connectivity index (χ2v) is 7.69. The summed E-state index contributed by atoms with van der Waals surface area (Å²) in [6.45, 7) is 0.133. The van der Waals surface area contributed by atoms with Crippen LogP contribution in [0.25, 0.3) is 0 Å². The number of carbonyl (C=O) groups excluding carboxylic acids is 2. The van der Waals surface area contributed by atoms with Crippen molar-refractivity contribution in [3.8, 4) is 5.75 Å². The first-order chi connectivity index (χ1) is 16.5. The number of nitrogens with zero attached hydrogens (tertiary/aromatic N) is 2. The minimum absolute atomic E-state index is 0.0119. The van der Waals surface area contributed by atoms with Crippen molar-refractivity contribution in [2.24, 2.45) is 5.73 Å². The fourth-order valence-corrected chi connectivity index (χ4v) is 3.54. The fourth-order valence-electron chi connectivity index (χ4n) is 3.54. The smallest absolute Gasteiger partial charge is 0.258 e. The number of aromatic nitrogens is 1. The predicted octanol–water partition coefficient (Wildman–Crippen LogP) is 4.39. The molecule has 0 aliphatic heterocycles. The highest BCUT2D eigenvalue weighted by molar-refractivity contribution is 6.07. The Balaban J connectivity index is 1.53. The van der Waals surface area contributed by atoms with Crippen LogP contribution in [0.4, 0.5) is 11.4 Å². The molecule has 3 aromatic carbocycles. The number of carbonyl (C=O) groups is 2. The van der Waals surface area contributed by atoms with Gasteiger partial charge in [-0.3, -0.25) is 14.6 Å². The summed E-state index contributed by atoms with van der Waals surface area (Å²) < 4.78 is 0. The molecule has 0 aliphatic carbocycles. The normalized spacial score (nSPS) is 11.4. The number of anilines is 2. The zero-order chi connectivity index (χ0) is 23.9. The van der Waals surface area contributed by atoms with Gasteiger partial charge in [0.1, 0.15) is 5.75 Å². The lowest BCUT2D eigenvalue weighted by atomic mass is 10.0. The number of phenols is 1. The second kappa shape index (κ2) is 10.4. The molecule has 1 heterocycles. The van der Waals surface area contributed by atoms with Crippen molar-refractivity contribution in [3.05, 3.63) is 120 Å². The maximum Gasteiger partial charge on any atom is 0.258 e. The lowest BCUT2D eigenvalue weighted by molar-refractivity contribution is 0.0983. The molecule has 1 unspecified atom stereocenters. The standard InChI is InChI=1S/C27H24N4O3/c28-23(19-10-12-20(13-11-19)26(33)30-22-14-16-29-17-15-22)18-31(24-8-4-5-9-25(24)32)27(34)21-6-2-1-3-7-21/h1-17,23,32H,18,28H2,(H,29,30,33). The van der Waals surface area contributed by atoms with Crippen LogP contribution in [0.5, 0.6) is 5.75 Å². The van der Waals surface area contributed by atoms with E-state index in [1.165, 1.54) is 11.0 Å². The summed E-state index contributed by atoms with van der Waals surface area (Å²) >= 11 is 0. The average molecular weight is 453 g/mol. The predicted molar refractivity (Wildman–Crippen MR) is 132 cm³/mol. The molecule has 4 aromatic rings. The summed E-state index contributed by atoms with van der Waals surface area (Å²) in [5.74, 6) is -0.533. The third kappa shape index (κ3) is 5.28. The molecule has 4 rings (SSSR count). The largest absolute Gasteiger partial charge is 0.506 e. The van der Waals surface area contributed by atoms with Crippen LogP contribution in [0.3, 0.4) is 0 Å². The van der Waals surface area contributed by atoms with Gasteiger partial charge in [0, 0.05) is 41.8 Å². The number of phenolic OH excluding ortho intramolecular Hbond substituents is 1. The van der Waals surface area contributed by atoms with Crippen LogP contribution in [0.15, 0.2) is 103 Å². The van der Waals surface area contributed by atoms with Crippen molar-refractivity contribution in [1.29, 1.82) is 0 Å². The first kappa shape index (κ1) is 22.7. The maximum absolute atomic E-state index is 13.3. The molecule has 2 amide bonds. The van der Waals surface area contributed by atoms with Gasteiger partial charge in [0.15, 0.2) is 0 Å². The Labute approximate surface area is 197 Å². The van der Waals surface area contributed by atoms with Gasteiger partial charge in [0.25, 0.3) is 11.8 Å². The Hall–Kier alpha value is -4.49. The van der Waals surface area contributed by atoms with E-state index in [1.807, 2.05) is 6.07 Å². The Morgan fingerprint density at radius 1 is 0.853 bits per heavy atom. The quantitative estimate of drug-likeness (QED) is 0.385. The molecule has 7 nitrogen and oxygen atoms in total. The molecule has 0 bridgehead atoms. The first-order valence-corrected chi connectivity index (χ1v) is 10.7. The molecule has 170 valence electrons. The van der Waals surface area contributed by atoms with Crippen LogP contribution in [0, 0.1) is 0 Å². The van der Waals surface area contributed by atoms with Crippen molar-refractivity contribution >= 4 is 23.2 Å². The maximum atomic E-state index is 13.3. The molecule has 0 fully saturated rings. The van der Waals surface area contributed by atoms with Gasteiger partial charge in [0.05, 0.1) is 5.69 Å². The third-order valence-electron chi connectivity index (χ3n) is 5.36. The van der Waals surface area contributed by atoms with Crippen LogP contribution in [0.1, 0.15) is 32.3 Å². The number of rotatable bonds is 7. The zero-order valence-electron chi connectivity index (χ0n) is 18.3. The van der Waals surface area contributed by atoms with E-state index in [2.05, 4.69) is 10.3 Å². The molecule has 0 spiro atoms. The lowest BCUT2D eigenvalue weighted by Gasteiger charge is -2.27. The van der Waals surface area contributed by atoms with Crippen molar-refractivity contribution in [2.75, 3.05) is 16.8 Å². The zero-order valence-corrected chi connectivity index (χ0v) is 18.3. The van der Waals surface area contributed by atoms with Gasteiger partial charge in [-0.25, -0.2) is 0 Å². The molecular formula is C27H24N4O3. The van der Waals surface area contributed by atoms with Crippen LogP contribution in [0.2, 0.25) is 0 Å². The molecular weight excluding hydrogens is 428 g/mol. The Bertz CT molecular complexity index is 1260. The number of hydrogen-bond donors (Lipinski definition) is 3.